The molecule has 0 heterocycles. The molecule has 106 valence electrons. The standard InChI is InChI=1S/C18H13Br2Cl/c1-11-6-7-12(10-17(11)20)18(21)15-8-9-16(19)14-5-3-2-4-13(14)15/h2-10,18H,1H3. The van der Waals surface area contributed by atoms with Crippen molar-refractivity contribution in [1.29, 1.82) is 0 Å². The molecular formula is C18H13Br2Cl. The summed E-state index contributed by atoms with van der Waals surface area (Å²) in [4.78, 5) is 0. The van der Waals surface area contributed by atoms with Crippen LogP contribution in [-0.4, -0.2) is 0 Å². The first-order valence-corrected chi connectivity index (χ1v) is 8.67. The fourth-order valence-corrected chi connectivity index (χ4v) is 3.65. The zero-order chi connectivity index (χ0) is 15.0. The van der Waals surface area contributed by atoms with Crippen molar-refractivity contribution in [3.05, 3.63) is 80.2 Å². The molecule has 3 rings (SSSR count). The summed E-state index contributed by atoms with van der Waals surface area (Å²) >= 11 is 13.9. The highest BCUT2D eigenvalue weighted by Crippen LogP contribution is 2.37. The second-order valence-electron chi connectivity index (χ2n) is 5.05. The summed E-state index contributed by atoms with van der Waals surface area (Å²) in [7, 11) is 0. The predicted molar refractivity (Wildman–Crippen MR) is 98.2 cm³/mol. The summed E-state index contributed by atoms with van der Waals surface area (Å²) in [5.41, 5.74) is 3.44. The minimum atomic E-state index is -0.167. The average Bonchev–Trinajstić information content (AvgIpc) is 2.50. The maximum atomic E-state index is 6.75. The lowest BCUT2D eigenvalue weighted by atomic mass is 9.97. The summed E-state index contributed by atoms with van der Waals surface area (Å²) in [6.45, 7) is 2.08. The molecule has 0 nitrogen and oxygen atoms in total. The average molecular weight is 425 g/mol. The van der Waals surface area contributed by atoms with Crippen molar-refractivity contribution in [2.75, 3.05) is 0 Å². The number of rotatable bonds is 2. The molecule has 3 aromatic rings. The van der Waals surface area contributed by atoms with E-state index in [1.165, 1.54) is 16.3 Å². The number of benzene rings is 3. The van der Waals surface area contributed by atoms with Gasteiger partial charge in [0.25, 0.3) is 0 Å². The van der Waals surface area contributed by atoms with Crippen LogP contribution in [0.2, 0.25) is 0 Å². The topological polar surface area (TPSA) is 0 Å². The maximum absolute atomic E-state index is 6.75. The first-order chi connectivity index (χ1) is 10.1. The summed E-state index contributed by atoms with van der Waals surface area (Å²) < 4.78 is 2.18. The Labute approximate surface area is 146 Å². The molecule has 0 fully saturated rings. The zero-order valence-electron chi connectivity index (χ0n) is 11.4. The minimum absolute atomic E-state index is 0.167. The van der Waals surface area contributed by atoms with Gasteiger partial charge in [0.2, 0.25) is 0 Å². The van der Waals surface area contributed by atoms with E-state index in [9.17, 15) is 0 Å². The molecule has 0 aliphatic carbocycles. The van der Waals surface area contributed by atoms with Crippen molar-refractivity contribution >= 4 is 54.2 Å². The smallest absolute Gasteiger partial charge is 0.0841 e. The zero-order valence-corrected chi connectivity index (χ0v) is 15.3. The Morgan fingerprint density at radius 3 is 2.29 bits per heavy atom. The van der Waals surface area contributed by atoms with Crippen molar-refractivity contribution < 1.29 is 0 Å². The van der Waals surface area contributed by atoms with Gasteiger partial charge in [-0.05, 0) is 46.5 Å². The molecule has 0 saturated heterocycles. The molecule has 0 spiro atoms. The van der Waals surface area contributed by atoms with Crippen molar-refractivity contribution in [3.8, 4) is 0 Å². The lowest BCUT2D eigenvalue weighted by Gasteiger charge is -2.15. The fraction of sp³-hybridized carbons (Fsp3) is 0.111. The van der Waals surface area contributed by atoms with E-state index in [-0.39, 0.29) is 5.38 Å². The molecule has 0 N–H and O–H groups in total. The number of alkyl halides is 1. The molecule has 0 aromatic heterocycles. The monoisotopic (exact) mass is 422 g/mol. The Morgan fingerprint density at radius 1 is 0.857 bits per heavy atom. The molecule has 0 radical (unpaired) electrons. The Balaban J connectivity index is 2.15. The third kappa shape index (κ3) is 2.90. The SMILES string of the molecule is Cc1ccc(C(Cl)c2ccc(Br)c3ccccc23)cc1Br. The molecule has 0 amide bonds. The summed E-state index contributed by atoms with van der Waals surface area (Å²) in [6.07, 6.45) is 0. The maximum Gasteiger partial charge on any atom is 0.0841 e. The van der Waals surface area contributed by atoms with Gasteiger partial charge in [0.15, 0.2) is 0 Å². The van der Waals surface area contributed by atoms with Gasteiger partial charge >= 0.3 is 0 Å². The molecule has 1 unspecified atom stereocenters. The highest BCUT2D eigenvalue weighted by Gasteiger charge is 2.15. The summed E-state index contributed by atoms with van der Waals surface area (Å²) in [6, 6.07) is 18.8. The second-order valence-corrected chi connectivity index (χ2v) is 7.20. The molecule has 0 aliphatic rings. The quantitative estimate of drug-likeness (QED) is 0.389. The molecule has 0 aliphatic heterocycles. The first-order valence-electron chi connectivity index (χ1n) is 6.65. The third-order valence-electron chi connectivity index (χ3n) is 3.67. The van der Waals surface area contributed by atoms with E-state index in [0.717, 1.165) is 20.1 Å². The molecule has 0 saturated carbocycles. The van der Waals surface area contributed by atoms with Crippen LogP contribution in [0.15, 0.2) is 63.5 Å². The molecule has 21 heavy (non-hydrogen) atoms. The third-order valence-corrected chi connectivity index (χ3v) is 5.70. The van der Waals surface area contributed by atoms with Gasteiger partial charge in [-0.3, -0.25) is 0 Å². The van der Waals surface area contributed by atoms with Crippen LogP contribution < -0.4 is 0 Å². The van der Waals surface area contributed by atoms with Crippen molar-refractivity contribution in [2.24, 2.45) is 0 Å². The predicted octanol–water partition coefficient (Wildman–Crippen LogP) is 7.00. The van der Waals surface area contributed by atoms with Gasteiger partial charge in [0.1, 0.15) is 0 Å². The summed E-state index contributed by atoms with van der Waals surface area (Å²) in [5.74, 6) is 0. The molecule has 3 heteroatoms. The Kier molecular flexibility index (Phi) is 4.39. The Hall–Kier alpha value is -0.830. The van der Waals surface area contributed by atoms with Crippen LogP contribution in [0.4, 0.5) is 0 Å². The van der Waals surface area contributed by atoms with Gasteiger partial charge in [-0.15, -0.1) is 11.6 Å². The molecular weight excluding hydrogens is 411 g/mol. The van der Waals surface area contributed by atoms with Gasteiger partial charge in [-0.2, -0.15) is 0 Å². The van der Waals surface area contributed by atoms with E-state index >= 15 is 0 Å². The highest BCUT2D eigenvalue weighted by atomic mass is 79.9. The number of hydrogen-bond donors (Lipinski definition) is 0. The van der Waals surface area contributed by atoms with Gasteiger partial charge < -0.3 is 0 Å². The van der Waals surface area contributed by atoms with Crippen molar-refractivity contribution in [2.45, 2.75) is 12.3 Å². The van der Waals surface area contributed by atoms with Crippen LogP contribution >= 0.6 is 43.5 Å². The van der Waals surface area contributed by atoms with E-state index in [0.29, 0.717) is 0 Å². The van der Waals surface area contributed by atoms with Crippen LogP contribution in [0.1, 0.15) is 22.1 Å². The highest BCUT2D eigenvalue weighted by molar-refractivity contribution is 9.11. The minimum Gasteiger partial charge on any atom is -0.113 e. The van der Waals surface area contributed by atoms with E-state index in [1.54, 1.807) is 0 Å². The first kappa shape index (κ1) is 15.1. The lowest BCUT2D eigenvalue weighted by molar-refractivity contribution is 1.15. The summed E-state index contributed by atoms with van der Waals surface area (Å²) in [5, 5.41) is 2.20. The number of halogens is 3. The van der Waals surface area contributed by atoms with E-state index in [2.05, 4.69) is 81.2 Å². The van der Waals surface area contributed by atoms with Gasteiger partial charge in [-0.1, -0.05) is 74.3 Å². The van der Waals surface area contributed by atoms with E-state index in [1.807, 2.05) is 12.1 Å². The van der Waals surface area contributed by atoms with E-state index in [4.69, 9.17) is 11.6 Å². The number of aryl methyl sites for hydroxylation is 1. The normalized spacial score (nSPS) is 12.6. The molecule has 3 aromatic carbocycles. The number of fused-ring (bicyclic) bond motifs is 1. The van der Waals surface area contributed by atoms with Crippen molar-refractivity contribution in [3.63, 3.8) is 0 Å². The Bertz CT molecular complexity index is 811. The molecule has 1 atom stereocenters. The van der Waals surface area contributed by atoms with Crippen LogP contribution in [0, 0.1) is 6.92 Å². The van der Waals surface area contributed by atoms with E-state index < -0.39 is 0 Å². The molecule has 0 bridgehead atoms. The fourth-order valence-electron chi connectivity index (χ4n) is 2.45. The van der Waals surface area contributed by atoms with Crippen LogP contribution in [0.25, 0.3) is 10.8 Å². The van der Waals surface area contributed by atoms with Gasteiger partial charge in [0, 0.05) is 8.95 Å². The Morgan fingerprint density at radius 2 is 1.57 bits per heavy atom. The van der Waals surface area contributed by atoms with Crippen molar-refractivity contribution in [1.82, 2.24) is 0 Å². The van der Waals surface area contributed by atoms with Crippen LogP contribution in [0.3, 0.4) is 0 Å². The van der Waals surface area contributed by atoms with Gasteiger partial charge in [0.05, 0.1) is 5.38 Å². The van der Waals surface area contributed by atoms with Crippen LogP contribution in [-0.2, 0) is 0 Å². The second kappa shape index (κ2) is 6.12. The lowest BCUT2D eigenvalue weighted by Crippen LogP contribution is -1.95. The van der Waals surface area contributed by atoms with Crippen LogP contribution in [0.5, 0.6) is 0 Å². The van der Waals surface area contributed by atoms with Gasteiger partial charge in [-0.25, -0.2) is 0 Å². The number of hydrogen-bond acceptors (Lipinski definition) is 0. The largest absolute Gasteiger partial charge is 0.113 e.